The SMILES string of the molecule is CCCC/C(=N/O)NCc1ccc(-c2ccccc2C(=O)O)cc1. The number of nitrogens with zero attached hydrogens (tertiary/aromatic N) is 1. The first-order valence-electron chi connectivity index (χ1n) is 8.02. The summed E-state index contributed by atoms with van der Waals surface area (Å²) in [4.78, 5) is 11.3. The highest BCUT2D eigenvalue weighted by Gasteiger charge is 2.10. The van der Waals surface area contributed by atoms with E-state index in [1.807, 2.05) is 30.3 Å². The Morgan fingerprint density at radius 1 is 1.12 bits per heavy atom. The van der Waals surface area contributed by atoms with Gasteiger partial charge in [0.25, 0.3) is 0 Å². The Morgan fingerprint density at radius 2 is 1.83 bits per heavy atom. The van der Waals surface area contributed by atoms with Gasteiger partial charge >= 0.3 is 5.97 Å². The van der Waals surface area contributed by atoms with Gasteiger partial charge in [0.2, 0.25) is 0 Å². The monoisotopic (exact) mass is 326 g/mol. The number of carboxylic acid groups (broad SMARTS) is 1. The molecule has 0 atom stereocenters. The Kier molecular flexibility index (Phi) is 6.37. The van der Waals surface area contributed by atoms with Crippen LogP contribution in [0.4, 0.5) is 0 Å². The second kappa shape index (κ2) is 8.72. The van der Waals surface area contributed by atoms with Crippen LogP contribution in [0.15, 0.2) is 53.7 Å². The summed E-state index contributed by atoms with van der Waals surface area (Å²) >= 11 is 0. The van der Waals surface area contributed by atoms with Gasteiger partial charge in [-0.2, -0.15) is 0 Å². The van der Waals surface area contributed by atoms with E-state index in [0.717, 1.165) is 30.4 Å². The molecule has 0 aliphatic heterocycles. The number of amidine groups is 1. The first-order chi connectivity index (χ1) is 11.7. The summed E-state index contributed by atoms with van der Waals surface area (Å²) in [6.45, 7) is 2.65. The topological polar surface area (TPSA) is 81.9 Å². The number of aromatic carboxylic acids is 1. The first kappa shape index (κ1) is 17.5. The van der Waals surface area contributed by atoms with Gasteiger partial charge in [-0.15, -0.1) is 0 Å². The number of oxime groups is 1. The molecule has 0 spiro atoms. The van der Waals surface area contributed by atoms with Crippen LogP contribution in [0.5, 0.6) is 0 Å². The Morgan fingerprint density at radius 3 is 2.46 bits per heavy atom. The first-order valence-corrected chi connectivity index (χ1v) is 8.02. The van der Waals surface area contributed by atoms with Gasteiger partial charge < -0.3 is 15.6 Å². The maximum Gasteiger partial charge on any atom is 0.336 e. The Hall–Kier alpha value is -2.82. The average Bonchev–Trinajstić information content (AvgIpc) is 2.62. The van der Waals surface area contributed by atoms with Gasteiger partial charge in [-0.25, -0.2) is 4.79 Å². The summed E-state index contributed by atoms with van der Waals surface area (Å²) in [6, 6.07) is 14.6. The lowest BCUT2D eigenvalue weighted by atomic mass is 9.99. The van der Waals surface area contributed by atoms with E-state index in [-0.39, 0.29) is 5.56 Å². The van der Waals surface area contributed by atoms with E-state index in [1.54, 1.807) is 18.2 Å². The van der Waals surface area contributed by atoms with Crippen molar-refractivity contribution in [3.63, 3.8) is 0 Å². The van der Waals surface area contributed by atoms with Crippen molar-refractivity contribution in [1.29, 1.82) is 0 Å². The molecule has 0 heterocycles. The zero-order valence-corrected chi connectivity index (χ0v) is 13.7. The van der Waals surface area contributed by atoms with Crippen molar-refractivity contribution in [3.8, 4) is 11.1 Å². The minimum absolute atomic E-state index is 0.289. The van der Waals surface area contributed by atoms with Crippen LogP contribution in [0.2, 0.25) is 0 Å². The predicted molar refractivity (Wildman–Crippen MR) is 94.4 cm³/mol. The number of hydrogen-bond donors (Lipinski definition) is 3. The van der Waals surface area contributed by atoms with E-state index >= 15 is 0 Å². The fourth-order valence-corrected chi connectivity index (χ4v) is 2.45. The van der Waals surface area contributed by atoms with Crippen molar-refractivity contribution < 1.29 is 15.1 Å². The summed E-state index contributed by atoms with van der Waals surface area (Å²) in [6.07, 6.45) is 2.73. The molecule has 2 rings (SSSR count). The van der Waals surface area contributed by atoms with Crippen molar-refractivity contribution in [2.75, 3.05) is 0 Å². The number of unbranched alkanes of at least 4 members (excludes halogenated alkanes) is 1. The van der Waals surface area contributed by atoms with Gasteiger partial charge in [0.05, 0.1) is 5.56 Å². The van der Waals surface area contributed by atoms with Crippen molar-refractivity contribution >= 4 is 11.8 Å². The van der Waals surface area contributed by atoms with Crippen LogP contribution >= 0.6 is 0 Å². The second-order valence-electron chi connectivity index (χ2n) is 5.55. The van der Waals surface area contributed by atoms with Crippen molar-refractivity contribution in [2.24, 2.45) is 5.16 Å². The van der Waals surface area contributed by atoms with E-state index in [4.69, 9.17) is 5.21 Å². The number of hydrogen-bond acceptors (Lipinski definition) is 3. The Bertz CT molecular complexity index is 709. The number of carbonyl (C=O) groups is 1. The zero-order chi connectivity index (χ0) is 17.4. The number of rotatable bonds is 7. The molecule has 0 saturated carbocycles. The van der Waals surface area contributed by atoms with E-state index in [0.29, 0.717) is 17.9 Å². The molecule has 0 bridgehead atoms. The maximum atomic E-state index is 11.3. The molecule has 5 heteroatoms. The van der Waals surface area contributed by atoms with Gasteiger partial charge in [-0.3, -0.25) is 0 Å². The summed E-state index contributed by atoms with van der Waals surface area (Å²) in [5.74, 6) is -0.354. The molecule has 0 saturated heterocycles. The smallest absolute Gasteiger partial charge is 0.336 e. The van der Waals surface area contributed by atoms with Gasteiger partial charge in [0.1, 0.15) is 5.84 Å². The standard InChI is InChI=1S/C19H22N2O3/c1-2-3-8-18(21-24)20-13-14-9-11-15(12-10-14)16-6-4-5-7-17(16)19(22)23/h4-7,9-12,24H,2-3,8,13H2,1H3,(H,20,21)(H,22,23). The third kappa shape index (κ3) is 4.59. The summed E-state index contributed by atoms with van der Waals surface area (Å²) in [7, 11) is 0. The predicted octanol–water partition coefficient (Wildman–Crippen LogP) is 4.12. The molecule has 0 fully saturated rings. The summed E-state index contributed by atoms with van der Waals surface area (Å²) in [5, 5.41) is 24.6. The molecule has 0 radical (unpaired) electrons. The molecular formula is C19H22N2O3. The van der Waals surface area contributed by atoms with Crippen LogP contribution in [0.1, 0.15) is 42.1 Å². The average molecular weight is 326 g/mol. The molecule has 0 unspecified atom stereocenters. The van der Waals surface area contributed by atoms with Crippen LogP contribution in [0, 0.1) is 0 Å². The van der Waals surface area contributed by atoms with Gasteiger partial charge in [0.15, 0.2) is 0 Å². The summed E-state index contributed by atoms with van der Waals surface area (Å²) < 4.78 is 0. The molecule has 24 heavy (non-hydrogen) atoms. The molecule has 3 N–H and O–H groups in total. The lowest BCUT2D eigenvalue weighted by Gasteiger charge is -2.10. The van der Waals surface area contributed by atoms with Crippen molar-refractivity contribution in [2.45, 2.75) is 32.7 Å². The number of nitrogens with one attached hydrogen (secondary N) is 1. The van der Waals surface area contributed by atoms with Crippen LogP contribution < -0.4 is 5.32 Å². The fraction of sp³-hybridized carbons (Fsp3) is 0.263. The lowest BCUT2D eigenvalue weighted by molar-refractivity contribution is 0.0697. The van der Waals surface area contributed by atoms with Gasteiger partial charge in [-0.1, -0.05) is 61.0 Å². The Labute approximate surface area is 141 Å². The van der Waals surface area contributed by atoms with Crippen LogP contribution in [0.25, 0.3) is 11.1 Å². The largest absolute Gasteiger partial charge is 0.478 e. The molecule has 126 valence electrons. The highest BCUT2D eigenvalue weighted by molar-refractivity contribution is 5.96. The van der Waals surface area contributed by atoms with Crippen molar-refractivity contribution in [1.82, 2.24) is 5.32 Å². The van der Waals surface area contributed by atoms with Crippen LogP contribution in [-0.4, -0.2) is 22.1 Å². The second-order valence-corrected chi connectivity index (χ2v) is 5.55. The van der Waals surface area contributed by atoms with E-state index in [2.05, 4.69) is 17.4 Å². The van der Waals surface area contributed by atoms with E-state index in [1.165, 1.54) is 0 Å². The molecule has 0 amide bonds. The fourth-order valence-electron chi connectivity index (χ4n) is 2.45. The van der Waals surface area contributed by atoms with E-state index < -0.39 is 5.97 Å². The highest BCUT2D eigenvalue weighted by atomic mass is 16.4. The molecule has 5 nitrogen and oxygen atoms in total. The molecular weight excluding hydrogens is 304 g/mol. The quantitative estimate of drug-likeness (QED) is 0.309. The van der Waals surface area contributed by atoms with Gasteiger partial charge in [0, 0.05) is 13.0 Å². The highest BCUT2D eigenvalue weighted by Crippen LogP contribution is 2.24. The minimum atomic E-state index is -0.934. The molecule has 0 aliphatic rings. The molecule has 0 aliphatic carbocycles. The maximum absolute atomic E-state index is 11.3. The zero-order valence-electron chi connectivity index (χ0n) is 13.7. The lowest BCUT2D eigenvalue weighted by Crippen LogP contribution is -2.22. The molecule has 2 aromatic carbocycles. The minimum Gasteiger partial charge on any atom is -0.478 e. The van der Waals surface area contributed by atoms with Gasteiger partial charge in [-0.05, 0) is 29.2 Å². The van der Waals surface area contributed by atoms with Crippen molar-refractivity contribution in [3.05, 3.63) is 59.7 Å². The number of carboxylic acids is 1. The molecule has 0 aromatic heterocycles. The number of benzene rings is 2. The van der Waals surface area contributed by atoms with Crippen LogP contribution in [-0.2, 0) is 6.54 Å². The van der Waals surface area contributed by atoms with Crippen LogP contribution in [0.3, 0.4) is 0 Å². The third-order valence-corrected chi connectivity index (χ3v) is 3.81. The third-order valence-electron chi connectivity index (χ3n) is 3.81. The molecule has 2 aromatic rings. The Balaban J connectivity index is 2.07. The summed E-state index contributed by atoms with van der Waals surface area (Å²) in [5.41, 5.74) is 2.88. The van der Waals surface area contributed by atoms with E-state index in [9.17, 15) is 9.90 Å². The normalized spacial score (nSPS) is 11.3.